The van der Waals surface area contributed by atoms with Gasteiger partial charge < -0.3 is 9.47 Å². The second-order valence-electron chi connectivity index (χ2n) is 8.58. The minimum atomic E-state index is -1.01. The Balaban J connectivity index is 2.37. The molecule has 4 unspecified atom stereocenters. The van der Waals surface area contributed by atoms with E-state index in [-0.39, 0.29) is 17.2 Å². The SMILES string of the molecule is CC(=O)OC1/C=C(\C)C(OC(C)=O)C/C=C(/C)CCC2C(/C=C/C1=O)C2(C)C. The van der Waals surface area contributed by atoms with Crippen LogP contribution in [-0.4, -0.2) is 29.9 Å². The molecule has 0 aliphatic heterocycles. The van der Waals surface area contributed by atoms with Crippen LogP contribution < -0.4 is 0 Å². The lowest BCUT2D eigenvalue weighted by molar-refractivity contribution is -0.149. The zero-order valence-corrected chi connectivity index (χ0v) is 17.8. The van der Waals surface area contributed by atoms with Gasteiger partial charge in [-0.1, -0.05) is 31.6 Å². The molecule has 2 aliphatic rings. The lowest BCUT2D eigenvalue weighted by Gasteiger charge is -2.19. The van der Waals surface area contributed by atoms with Crippen molar-refractivity contribution in [3.05, 3.63) is 35.5 Å². The van der Waals surface area contributed by atoms with Gasteiger partial charge >= 0.3 is 11.9 Å². The average molecular weight is 389 g/mol. The Morgan fingerprint density at radius 3 is 2.36 bits per heavy atom. The first kappa shape index (κ1) is 22.1. The van der Waals surface area contributed by atoms with Crippen LogP contribution in [-0.2, 0) is 23.9 Å². The van der Waals surface area contributed by atoms with Gasteiger partial charge in [-0.15, -0.1) is 0 Å². The van der Waals surface area contributed by atoms with E-state index in [9.17, 15) is 14.4 Å². The van der Waals surface area contributed by atoms with Crippen molar-refractivity contribution in [3.8, 4) is 0 Å². The molecule has 0 spiro atoms. The summed E-state index contributed by atoms with van der Waals surface area (Å²) in [5, 5.41) is 0. The van der Waals surface area contributed by atoms with Crippen LogP contribution in [0.15, 0.2) is 35.5 Å². The summed E-state index contributed by atoms with van der Waals surface area (Å²) < 4.78 is 10.7. The van der Waals surface area contributed by atoms with Crippen molar-refractivity contribution in [3.63, 3.8) is 0 Å². The number of carbonyl (C=O) groups excluding carboxylic acids is 3. The smallest absolute Gasteiger partial charge is 0.303 e. The van der Waals surface area contributed by atoms with Crippen molar-refractivity contribution in [2.75, 3.05) is 0 Å². The number of esters is 2. The van der Waals surface area contributed by atoms with E-state index >= 15 is 0 Å². The molecule has 0 aromatic rings. The number of ketones is 1. The third-order valence-electron chi connectivity index (χ3n) is 5.94. The first-order valence-electron chi connectivity index (χ1n) is 9.92. The summed E-state index contributed by atoms with van der Waals surface area (Å²) >= 11 is 0. The highest BCUT2D eigenvalue weighted by atomic mass is 16.5. The van der Waals surface area contributed by atoms with Crippen LogP contribution in [0.5, 0.6) is 0 Å². The van der Waals surface area contributed by atoms with Gasteiger partial charge in [-0.3, -0.25) is 14.4 Å². The molecule has 0 aromatic heterocycles. The molecule has 0 bridgehead atoms. The van der Waals surface area contributed by atoms with Crippen LogP contribution in [0.3, 0.4) is 0 Å². The number of hydrogen-bond acceptors (Lipinski definition) is 5. The zero-order valence-electron chi connectivity index (χ0n) is 17.8. The summed E-state index contributed by atoms with van der Waals surface area (Å²) in [5.41, 5.74) is 2.12. The summed E-state index contributed by atoms with van der Waals surface area (Å²) in [5.74, 6) is -0.314. The van der Waals surface area contributed by atoms with Gasteiger partial charge in [-0.2, -0.15) is 0 Å². The molecule has 0 saturated heterocycles. The number of fused-ring (bicyclic) bond motifs is 1. The van der Waals surface area contributed by atoms with Gasteiger partial charge in [0, 0.05) is 20.3 Å². The van der Waals surface area contributed by atoms with E-state index < -0.39 is 18.2 Å². The van der Waals surface area contributed by atoms with Crippen molar-refractivity contribution in [1.82, 2.24) is 0 Å². The van der Waals surface area contributed by atoms with E-state index in [1.165, 1.54) is 19.4 Å². The van der Waals surface area contributed by atoms with Crippen LogP contribution in [0.4, 0.5) is 0 Å². The maximum absolute atomic E-state index is 12.7. The second-order valence-corrected chi connectivity index (χ2v) is 8.58. The maximum atomic E-state index is 12.7. The molecular weight excluding hydrogens is 356 g/mol. The topological polar surface area (TPSA) is 69.7 Å². The molecule has 28 heavy (non-hydrogen) atoms. The van der Waals surface area contributed by atoms with Gasteiger partial charge in [0.05, 0.1) is 0 Å². The third-order valence-corrected chi connectivity index (χ3v) is 5.94. The quantitative estimate of drug-likeness (QED) is 0.520. The maximum Gasteiger partial charge on any atom is 0.303 e. The molecule has 5 heteroatoms. The molecule has 2 rings (SSSR count). The lowest BCUT2D eigenvalue weighted by atomic mass is 10.00. The Hall–Kier alpha value is -2.17. The van der Waals surface area contributed by atoms with Crippen molar-refractivity contribution in [2.45, 2.75) is 73.0 Å². The fourth-order valence-electron chi connectivity index (χ4n) is 4.03. The lowest BCUT2D eigenvalue weighted by Crippen LogP contribution is -2.25. The molecule has 0 radical (unpaired) electrons. The van der Waals surface area contributed by atoms with Crippen molar-refractivity contribution < 1.29 is 23.9 Å². The fourth-order valence-corrected chi connectivity index (χ4v) is 4.03. The number of ether oxygens (including phenoxy) is 2. The predicted octanol–water partition coefficient (Wildman–Crippen LogP) is 4.32. The highest BCUT2D eigenvalue weighted by Gasteiger charge is 2.55. The number of carbonyl (C=O) groups is 3. The van der Waals surface area contributed by atoms with E-state index in [0.717, 1.165) is 12.8 Å². The normalized spacial score (nSPS) is 35.1. The fraction of sp³-hybridized carbons (Fsp3) is 0.609. The molecule has 0 heterocycles. The van der Waals surface area contributed by atoms with Gasteiger partial charge in [0.25, 0.3) is 0 Å². The minimum Gasteiger partial charge on any atom is -0.458 e. The number of allylic oxidation sites excluding steroid dienone is 2. The Morgan fingerprint density at radius 1 is 1.11 bits per heavy atom. The Kier molecular flexibility index (Phi) is 7.02. The minimum absolute atomic E-state index is 0.167. The average Bonchev–Trinajstić information content (AvgIpc) is 3.11. The Morgan fingerprint density at radius 2 is 1.75 bits per heavy atom. The first-order valence-corrected chi connectivity index (χ1v) is 9.92. The van der Waals surface area contributed by atoms with Crippen LogP contribution in [0.1, 0.15) is 60.8 Å². The molecule has 1 saturated carbocycles. The van der Waals surface area contributed by atoms with E-state index in [4.69, 9.17) is 9.47 Å². The summed E-state index contributed by atoms with van der Waals surface area (Å²) in [6.45, 7) is 11.0. The van der Waals surface area contributed by atoms with E-state index in [1.807, 2.05) is 6.08 Å². The summed E-state index contributed by atoms with van der Waals surface area (Å²) in [4.78, 5) is 35.7. The van der Waals surface area contributed by atoms with Crippen LogP contribution >= 0.6 is 0 Å². The summed E-state index contributed by atoms with van der Waals surface area (Å²) in [6.07, 6.45) is 8.25. The molecule has 154 valence electrons. The summed E-state index contributed by atoms with van der Waals surface area (Å²) in [7, 11) is 0. The van der Waals surface area contributed by atoms with Crippen LogP contribution in [0, 0.1) is 17.3 Å². The molecule has 5 nitrogen and oxygen atoms in total. The number of hydrogen-bond donors (Lipinski definition) is 0. The molecule has 0 aromatic carbocycles. The third kappa shape index (κ3) is 5.66. The summed E-state index contributed by atoms with van der Waals surface area (Å²) in [6, 6.07) is 0. The van der Waals surface area contributed by atoms with Gasteiger partial charge in [-0.05, 0) is 61.7 Å². The molecule has 0 amide bonds. The van der Waals surface area contributed by atoms with Crippen molar-refractivity contribution in [1.29, 1.82) is 0 Å². The first-order chi connectivity index (χ1) is 13.0. The monoisotopic (exact) mass is 388 g/mol. The molecule has 4 atom stereocenters. The molecular formula is C23H32O5. The number of rotatable bonds is 2. The van der Waals surface area contributed by atoms with Gasteiger partial charge in [0.1, 0.15) is 6.10 Å². The Bertz CT molecular complexity index is 725. The van der Waals surface area contributed by atoms with E-state index in [1.54, 1.807) is 19.1 Å². The van der Waals surface area contributed by atoms with Crippen molar-refractivity contribution in [2.24, 2.45) is 17.3 Å². The van der Waals surface area contributed by atoms with Gasteiger partial charge in [0.15, 0.2) is 11.9 Å². The predicted molar refractivity (Wildman–Crippen MR) is 107 cm³/mol. The van der Waals surface area contributed by atoms with Crippen molar-refractivity contribution >= 4 is 17.7 Å². The largest absolute Gasteiger partial charge is 0.458 e. The standard InChI is InChI=1S/C23H32O5/c1-14-7-9-18-19(23(18,5)6)10-11-20(26)22(28-17(4)25)13-15(2)21(12-8-14)27-16(3)24/h8,10-11,13,18-19,21-22H,7,9,12H2,1-6H3/b11-10+,14-8-,15-13+. The molecule has 1 fully saturated rings. The molecule has 0 N–H and O–H groups in total. The highest BCUT2D eigenvalue weighted by Crippen LogP contribution is 2.61. The van der Waals surface area contributed by atoms with E-state index in [2.05, 4.69) is 26.8 Å². The highest BCUT2D eigenvalue weighted by molar-refractivity contribution is 5.96. The Labute approximate surface area is 167 Å². The molecule has 2 aliphatic carbocycles. The van der Waals surface area contributed by atoms with E-state index in [0.29, 0.717) is 23.8 Å². The van der Waals surface area contributed by atoms with Crippen LogP contribution in [0.2, 0.25) is 0 Å². The van der Waals surface area contributed by atoms with Gasteiger partial charge in [-0.25, -0.2) is 0 Å². The second kappa shape index (κ2) is 8.89. The van der Waals surface area contributed by atoms with Crippen LogP contribution in [0.25, 0.3) is 0 Å². The zero-order chi connectivity index (χ0) is 21.1. The van der Waals surface area contributed by atoms with Gasteiger partial charge in [0.2, 0.25) is 0 Å².